The van der Waals surface area contributed by atoms with Crippen molar-refractivity contribution in [1.82, 2.24) is 0 Å². The minimum absolute atomic E-state index is 0. The van der Waals surface area contributed by atoms with Crippen molar-refractivity contribution in [3.05, 3.63) is 29.8 Å². The number of Topliss-reactive ketones (excluding diaryl/α,β-unsaturated/α-hetero) is 1. The van der Waals surface area contributed by atoms with Gasteiger partial charge in [0.2, 0.25) is 5.78 Å². The summed E-state index contributed by atoms with van der Waals surface area (Å²) in [6.07, 6.45) is 1.56. The zero-order valence-electron chi connectivity index (χ0n) is 10.3. The number of rotatable bonds is 3. The third-order valence-electron chi connectivity index (χ3n) is 2.48. The normalized spacial score (nSPS) is 15.4. The Morgan fingerprint density at radius 1 is 1.16 bits per heavy atom. The predicted octanol–water partition coefficient (Wildman–Crippen LogP) is 0.818. The molecule has 0 aliphatic carbocycles. The molecule has 0 saturated carbocycles. The minimum Gasteiger partial charge on any atom is -0.412 e. The first kappa shape index (κ1) is 15.1. The summed E-state index contributed by atoms with van der Waals surface area (Å²) in [5, 5.41) is 0. The average molecular weight is 280 g/mol. The summed E-state index contributed by atoms with van der Waals surface area (Å²) >= 11 is 0. The van der Waals surface area contributed by atoms with Crippen LogP contribution in [0.4, 0.5) is 4.79 Å². The van der Waals surface area contributed by atoms with E-state index in [1.807, 2.05) is 0 Å². The largest absolute Gasteiger partial charge is 0.412 e. The van der Waals surface area contributed by atoms with Crippen LogP contribution in [0.3, 0.4) is 0 Å². The van der Waals surface area contributed by atoms with E-state index in [9.17, 15) is 13.8 Å². The molecule has 2 rings (SSSR count). The van der Waals surface area contributed by atoms with E-state index < -0.39 is 16.8 Å². The van der Waals surface area contributed by atoms with E-state index in [0.717, 1.165) is 0 Å². The molecular weight excluding hydrogens is 268 g/mol. The molecule has 7 heteroatoms. The fourth-order valence-electron chi connectivity index (χ4n) is 1.55. The second-order valence-electron chi connectivity index (χ2n) is 3.75. The molecule has 2 N–H and O–H groups in total. The molecule has 6 nitrogen and oxygen atoms in total. The standard InChI is InChI=1S/C12H10N2O3S.H2O/c1-7-10(14-12(16)13-7)11(15)8-3-5-9(6-4-8)18(2)17;/h3-6H,1-2H3;1H2. The lowest BCUT2D eigenvalue weighted by molar-refractivity contribution is 0.106. The van der Waals surface area contributed by atoms with Crippen molar-refractivity contribution in [2.24, 2.45) is 9.98 Å². The topological polar surface area (TPSA) is 107 Å². The number of carbonyl (C=O) groups is 2. The van der Waals surface area contributed by atoms with Crippen LogP contribution in [0, 0.1) is 0 Å². The molecule has 0 fully saturated rings. The molecule has 1 unspecified atom stereocenters. The number of urea groups is 1. The second-order valence-corrected chi connectivity index (χ2v) is 5.13. The Balaban J connectivity index is 0.00000180. The summed E-state index contributed by atoms with van der Waals surface area (Å²) < 4.78 is 11.2. The maximum atomic E-state index is 12.0. The van der Waals surface area contributed by atoms with Crippen LogP contribution in [0.15, 0.2) is 39.1 Å². The van der Waals surface area contributed by atoms with Gasteiger partial charge in [0, 0.05) is 27.5 Å². The number of aliphatic imine (C=N–C) groups is 2. The van der Waals surface area contributed by atoms with Crippen LogP contribution < -0.4 is 0 Å². The monoisotopic (exact) mass is 280 g/mol. The van der Waals surface area contributed by atoms with Gasteiger partial charge in [0.25, 0.3) is 0 Å². The minimum atomic E-state index is -1.08. The third-order valence-corrected chi connectivity index (χ3v) is 3.41. The Kier molecular flexibility index (Phi) is 4.57. The van der Waals surface area contributed by atoms with Gasteiger partial charge in [0.1, 0.15) is 5.71 Å². The highest BCUT2D eigenvalue weighted by Gasteiger charge is 2.23. The van der Waals surface area contributed by atoms with Crippen molar-refractivity contribution in [2.75, 3.05) is 6.26 Å². The molecular formula is C12H12N2O4S. The van der Waals surface area contributed by atoms with Crippen LogP contribution in [0.25, 0.3) is 0 Å². The molecule has 1 aromatic rings. The van der Waals surface area contributed by atoms with Gasteiger partial charge in [-0.2, -0.15) is 9.98 Å². The van der Waals surface area contributed by atoms with Gasteiger partial charge in [0.05, 0.1) is 5.71 Å². The third kappa shape index (κ3) is 3.07. The summed E-state index contributed by atoms with van der Waals surface area (Å²) in [4.78, 5) is 30.8. The second kappa shape index (κ2) is 5.77. The predicted molar refractivity (Wildman–Crippen MR) is 72.7 cm³/mol. The van der Waals surface area contributed by atoms with Gasteiger partial charge in [-0.05, 0) is 31.2 Å². The zero-order valence-corrected chi connectivity index (χ0v) is 11.2. The molecule has 0 saturated heterocycles. The molecule has 0 aromatic heterocycles. The number of carbonyl (C=O) groups excluding carboxylic acids is 2. The molecule has 19 heavy (non-hydrogen) atoms. The van der Waals surface area contributed by atoms with Crippen LogP contribution in [-0.2, 0) is 10.8 Å². The number of hydrogen-bond donors (Lipinski definition) is 0. The van der Waals surface area contributed by atoms with E-state index in [0.29, 0.717) is 16.2 Å². The fourth-order valence-corrected chi connectivity index (χ4v) is 2.07. The summed E-state index contributed by atoms with van der Waals surface area (Å²) in [5.74, 6) is -0.351. The number of ketones is 1. The molecule has 0 bridgehead atoms. The maximum Gasteiger partial charge on any atom is 0.368 e. The summed E-state index contributed by atoms with van der Waals surface area (Å²) in [6, 6.07) is 5.72. The van der Waals surface area contributed by atoms with Gasteiger partial charge < -0.3 is 5.48 Å². The highest BCUT2D eigenvalue weighted by Crippen LogP contribution is 2.11. The van der Waals surface area contributed by atoms with Gasteiger partial charge in [0.15, 0.2) is 0 Å². The van der Waals surface area contributed by atoms with Gasteiger partial charge in [-0.1, -0.05) is 0 Å². The lowest BCUT2D eigenvalue weighted by Crippen LogP contribution is -2.19. The molecule has 1 aliphatic rings. The molecule has 100 valence electrons. The SMILES string of the molecule is CC1=NC(=O)N=C1C(=O)c1ccc(S(C)=O)cc1.O. The highest BCUT2D eigenvalue weighted by molar-refractivity contribution is 7.84. The van der Waals surface area contributed by atoms with Crippen LogP contribution in [0.1, 0.15) is 17.3 Å². The first-order valence-electron chi connectivity index (χ1n) is 5.15. The van der Waals surface area contributed by atoms with E-state index in [4.69, 9.17) is 0 Å². The van der Waals surface area contributed by atoms with Gasteiger partial charge in [-0.3, -0.25) is 9.00 Å². The first-order chi connectivity index (χ1) is 8.49. The van der Waals surface area contributed by atoms with E-state index in [2.05, 4.69) is 9.98 Å². The number of amides is 2. The maximum absolute atomic E-state index is 12.0. The first-order valence-corrected chi connectivity index (χ1v) is 6.71. The van der Waals surface area contributed by atoms with Gasteiger partial charge in [-0.15, -0.1) is 0 Å². The van der Waals surface area contributed by atoms with Gasteiger partial charge >= 0.3 is 6.03 Å². The Labute approximate surface area is 112 Å². The highest BCUT2D eigenvalue weighted by atomic mass is 32.2. The molecule has 0 radical (unpaired) electrons. The Morgan fingerprint density at radius 2 is 1.74 bits per heavy atom. The quantitative estimate of drug-likeness (QED) is 0.764. The van der Waals surface area contributed by atoms with Crippen LogP contribution >= 0.6 is 0 Å². The average Bonchev–Trinajstić information content (AvgIpc) is 2.67. The van der Waals surface area contributed by atoms with E-state index in [1.165, 1.54) is 0 Å². The van der Waals surface area contributed by atoms with E-state index >= 15 is 0 Å². The van der Waals surface area contributed by atoms with Crippen molar-refractivity contribution in [3.63, 3.8) is 0 Å². The molecule has 1 atom stereocenters. The Hall–Kier alpha value is -1.99. The van der Waals surface area contributed by atoms with Crippen molar-refractivity contribution in [1.29, 1.82) is 0 Å². The van der Waals surface area contributed by atoms with Crippen molar-refractivity contribution >= 4 is 34.0 Å². The molecule has 1 aromatic carbocycles. The van der Waals surface area contributed by atoms with Crippen molar-refractivity contribution in [3.8, 4) is 0 Å². The number of nitrogens with zero attached hydrogens (tertiary/aromatic N) is 2. The zero-order chi connectivity index (χ0) is 13.3. The summed E-state index contributed by atoms with van der Waals surface area (Å²) in [6.45, 7) is 1.57. The number of benzene rings is 1. The fraction of sp³-hybridized carbons (Fsp3) is 0.167. The molecule has 0 spiro atoms. The van der Waals surface area contributed by atoms with Crippen LogP contribution in [-0.4, -0.2) is 39.2 Å². The Morgan fingerprint density at radius 3 is 2.16 bits per heavy atom. The smallest absolute Gasteiger partial charge is 0.368 e. The van der Waals surface area contributed by atoms with Crippen molar-refractivity contribution < 1.29 is 19.3 Å². The van der Waals surface area contributed by atoms with E-state index in [-0.39, 0.29) is 17.0 Å². The van der Waals surface area contributed by atoms with Crippen LogP contribution in [0.5, 0.6) is 0 Å². The molecule has 1 aliphatic heterocycles. The Bertz CT molecular complexity index is 617. The lowest BCUT2D eigenvalue weighted by Gasteiger charge is -2.01. The molecule has 1 heterocycles. The number of hydrogen-bond acceptors (Lipinski definition) is 3. The van der Waals surface area contributed by atoms with Crippen LogP contribution in [0.2, 0.25) is 0 Å². The lowest BCUT2D eigenvalue weighted by atomic mass is 10.0. The summed E-state index contributed by atoms with van der Waals surface area (Å²) in [5.41, 5.74) is 0.797. The van der Waals surface area contributed by atoms with Crippen molar-refractivity contribution in [2.45, 2.75) is 11.8 Å². The van der Waals surface area contributed by atoms with E-state index in [1.54, 1.807) is 37.4 Å². The molecule has 2 amide bonds. The summed E-state index contributed by atoms with van der Waals surface area (Å²) in [7, 11) is -1.08. The van der Waals surface area contributed by atoms with Gasteiger partial charge in [-0.25, -0.2) is 4.79 Å².